The summed E-state index contributed by atoms with van der Waals surface area (Å²) >= 11 is 0. The fraction of sp³-hybridized carbons (Fsp3) is 0.870. The van der Waals surface area contributed by atoms with E-state index in [1.807, 2.05) is 0 Å². The third-order valence-electron chi connectivity index (χ3n) is 5.91. The number of halogens is 6. The highest BCUT2D eigenvalue weighted by Crippen LogP contribution is 2.47. The molecule has 0 aliphatic rings. The normalized spacial score (nSPS) is 17.1. The molecular weight excluding hydrogens is 486 g/mol. The lowest BCUT2D eigenvalue weighted by Gasteiger charge is -2.45. The van der Waals surface area contributed by atoms with Gasteiger partial charge in [0.1, 0.15) is 6.10 Å². The minimum absolute atomic E-state index is 0.0329. The Bertz CT molecular complexity index is 722. The van der Waals surface area contributed by atoms with Crippen LogP contribution in [0.1, 0.15) is 68.7 Å². The molecule has 208 valence electrons. The van der Waals surface area contributed by atoms with Gasteiger partial charge >= 0.3 is 18.3 Å². The molecule has 0 rings (SSSR count). The van der Waals surface area contributed by atoms with Crippen LogP contribution in [-0.2, 0) is 19.0 Å². The molecule has 3 atom stereocenters. The number of ether oxygens (including phenoxy) is 3. The predicted octanol–water partition coefficient (Wildman–Crippen LogP) is 5.11. The van der Waals surface area contributed by atoms with Gasteiger partial charge in [0.05, 0.1) is 29.5 Å². The van der Waals surface area contributed by atoms with Gasteiger partial charge < -0.3 is 24.4 Å². The molecule has 12 heteroatoms. The standard InChI is InChI=1S/C23H38F6O6/c1-13(2)17(30)33-12-16(11-18(5,6)34-14(3)19(7,8)31)20(9,10)35-15(4)21(32,22(24,25)26)23(27,28)29/h14-16,31-32H,1,11-12H2,2-10H3. The monoisotopic (exact) mass is 524 g/mol. The van der Waals surface area contributed by atoms with Crippen LogP contribution in [0.3, 0.4) is 0 Å². The van der Waals surface area contributed by atoms with Gasteiger partial charge in [0.25, 0.3) is 5.60 Å². The number of alkyl halides is 6. The zero-order valence-corrected chi connectivity index (χ0v) is 21.6. The summed E-state index contributed by atoms with van der Waals surface area (Å²) in [6, 6.07) is 0. The zero-order valence-electron chi connectivity index (χ0n) is 21.6. The van der Waals surface area contributed by atoms with Crippen molar-refractivity contribution in [2.75, 3.05) is 6.61 Å². The largest absolute Gasteiger partial charge is 0.462 e. The van der Waals surface area contributed by atoms with Crippen molar-refractivity contribution in [2.45, 2.75) is 116 Å². The summed E-state index contributed by atoms with van der Waals surface area (Å²) in [7, 11) is 0. The number of aliphatic hydroxyl groups is 2. The van der Waals surface area contributed by atoms with E-state index in [1.54, 1.807) is 20.8 Å². The summed E-state index contributed by atoms with van der Waals surface area (Å²) in [6.45, 7) is 15.1. The molecule has 0 radical (unpaired) electrons. The van der Waals surface area contributed by atoms with Crippen LogP contribution in [-0.4, -0.2) is 69.8 Å². The molecule has 0 aromatic carbocycles. The van der Waals surface area contributed by atoms with Crippen molar-refractivity contribution >= 4 is 5.97 Å². The first-order chi connectivity index (χ1) is 15.2. The van der Waals surface area contributed by atoms with Gasteiger partial charge in [0.15, 0.2) is 0 Å². The molecule has 0 saturated carbocycles. The van der Waals surface area contributed by atoms with E-state index >= 15 is 0 Å². The lowest BCUT2D eigenvalue weighted by Crippen LogP contribution is -2.65. The number of hydrogen-bond acceptors (Lipinski definition) is 6. The lowest BCUT2D eigenvalue weighted by atomic mass is 9.81. The fourth-order valence-corrected chi connectivity index (χ4v) is 3.33. The van der Waals surface area contributed by atoms with Gasteiger partial charge in [-0.25, -0.2) is 4.79 Å². The molecule has 0 bridgehead atoms. The molecule has 35 heavy (non-hydrogen) atoms. The van der Waals surface area contributed by atoms with E-state index in [4.69, 9.17) is 14.2 Å². The Balaban J connectivity index is 6.15. The van der Waals surface area contributed by atoms with Crippen molar-refractivity contribution in [1.29, 1.82) is 0 Å². The Hall–Kier alpha value is -1.37. The van der Waals surface area contributed by atoms with Crippen LogP contribution in [0.25, 0.3) is 0 Å². The van der Waals surface area contributed by atoms with Crippen LogP contribution in [0.4, 0.5) is 26.3 Å². The SMILES string of the molecule is C=C(C)C(=O)OCC(CC(C)(C)OC(C)C(C)(C)O)C(C)(C)OC(C)C(O)(C(F)(F)F)C(F)(F)F. The summed E-state index contributed by atoms with van der Waals surface area (Å²) in [6.07, 6.45) is -15.7. The first-order valence-corrected chi connectivity index (χ1v) is 11.0. The molecule has 2 N–H and O–H groups in total. The average Bonchev–Trinajstić information content (AvgIpc) is 2.60. The van der Waals surface area contributed by atoms with Gasteiger partial charge in [-0.2, -0.15) is 26.3 Å². The molecule has 0 saturated heterocycles. The summed E-state index contributed by atoms with van der Waals surface area (Å²) in [5, 5.41) is 19.9. The highest BCUT2D eigenvalue weighted by Gasteiger charge is 2.74. The van der Waals surface area contributed by atoms with Crippen LogP contribution in [0.5, 0.6) is 0 Å². The topological polar surface area (TPSA) is 85.2 Å². The average molecular weight is 525 g/mol. The van der Waals surface area contributed by atoms with E-state index in [2.05, 4.69) is 6.58 Å². The van der Waals surface area contributed by atoms with Crippen LogP contribution in [0.2, 0.25) is 0 Å². The number of rotatable bonds is 12. The van der Waals surface area contributed by atoms with E-state index < -0.39 is 65.5 Å². The van der Waals surface area contributed by atoms with Crippen LogP contribution in [0.15, 0.2) is 12.2 Å². The van der Waals surface area contributed by atoms with Crippen LogP contribution in [0, 0.1) is 5.92 Å². The Morgan fingerprint density at radius 1 is 0.857 bits per heavy atom. The molecule has 0 aromatic rings. The van der Waals surface area contributed by atoms with Crippen molar-refractivity contribution < 1.29 is 55.6 Å². The minimum atomic E-state index is -6.08. The summed E-state index contributed by atoms with van der Waals surface area (Å²) in [5.41, 5.74) is -9.23. The summed E-state index contributed by atoms with van der Waals surface area (Å²) in [4.78, 5) is 11.9. The highest BCUT2D eigenvalue weighted by molar-refractivity contribution is 5.86. The molecular formula is C23H38F6O6. The first-order valence-electron chi connectivity index (χ1n) is 11.0. The molecule has 3 unspecified atom stereocenters. The van der Waals surface area contributed by atoms with Crippen molar-refractivity contribution in [3.63, 3.8) is 0 Å². The Morgan fingerprint density at radius 2 is 1.29 bits per heavy atom. The lowest BCUT2D eigenvalue weighted by molar-refractivity contribution is -0.399. The third-order valence-corrected chi connectivity index (χ3v) is 5.91. The summed E-state index contributed by atoms with van der Waals surface area (Å²) in [5.74, 6) is -1.81. The third kappa shape index (κ3) is 8.91. The number of esters is 1. The zero-order chi connectivity index (χ0) is 28.4. The van der Waals surface area contributed by atoms with Crippen molar-refractivity contribution in [3.8, 4) is 0 Å². The number of carbonyl (C=O) groups is 1. The molecule has 0 spiro atoms. The van der Waals surface area contributed by atoms with E-state index in [1.165, 1.54) is 34.6 Å². The van der Waals surface area contributed by atoms with Crippen molar-refractivity contribution in [3.05, 3.63) is 12.2 Å². The van der Waals surface area contributed by atoms with Gasteiger partial charge in [-0.05, 0) is 68.7 Å². The molecule has 0 heterocycles. The maximum Gasteiger partial charge on any atom is 0.428 e. The molecule has 0 fully saturated rings. The Morgan fingerprint density at radius 3 is 1.63 bits per heavy atom. The number of carbonyl (C=O) groups excluding carboxylic acids is 1. The second-order valence-corrected chi connectivity index (χ2v) is 10.6. The molecule has 0 aliphatic carbocycles. The second-order valence-electron chi connectivity index (χ2n) is 10.6. The Kier molecular flexibility index (Phi) is 10.5. The van der Waals surface area contributed by atoms with E-state index in [0.29, 0.717) is 6.92 Å². The Labute approximate surface area is 202 Å². The number of hydrogen-bond donors (Lipinski definition) is 2. The molecule has 0 aromatic heterocycles. The first kappa shape index (κ1) is 33.6. The highest BCUT2D eigenvalue weighted by atomic mass is 19.4. The van der Waals surface area contributed by atoms with Gasteiger partial charge in [-0.1, -0.05) is 6.58 Å². The maximum absolute atomic E-state index is 13.3. The van der Waals surface area contributed by atoms with Crippen LogP contribution < -0.4 is 0 Å². The van der Waals surface area contributed by atoms with Gasteiger partial charge in [0, 0.05) is 11.5 Å². The van der Waals surface area contributed by atoms with Crippen LogP contribution >= 0.6 is 0 Å². The maximum atomic E-state index is 13.3. The van der Waals surface area contributed by atoms with E-state index in [0.717, 1.165) is 0 Å². The van der Waals surface area contributed by atoms with Gasteiger partial charge in [-0.15, -0.1) is 0 Å². The van der Waals surface area contributed by atoms with E-state index in [9.17, 15) is 41.4 Å². The molecule has 0 amide bonds. The van der Waals surface area contributed by atoms with Gasteiger partial charge in [-0.3, -0.25) is 0 Å². The molecule has 6 nitrogen and oxygen atoms in total. The smallest absolute Gasteiger partial charge is 0.428 e. The summed E-state index contributed by atoms with van der Waals surface area (Å²) < 4.78 is 96.2. The van der Waals surface area contributed by atoms with Crippen molar-refractivity contribution in [1.82, 2.24) is 0 Å². The van der Waals surface area contributed by atoms with Gasteiger partial charge in [0.2, 0.25) is 0 Å². The predicted molar refractivity (Wildman–Crippen MR) is 116 cm³/mol. The minimum Gasteiger partial charge on any atom is -0.462 e. The van der Waals surface area contributed by atoms with E-state index in [-0.39, 0.29) is 12.0 Å². The molecule has 0 aliphatic heterocycles. The fourth-order valence-electron chi connectivity index (χ4n) is 3.33. The second kappa shape index (κ2) is 10.9. The quantitative estimate of drug-likeness (QED) is 0.210. The van der Waals surface area contributed by atoms with Crippen molar-refractivity contribution in [2.24, 2.45) is 5.92 Å².